The van der Waals surface area contributed by atoms with Crippen LogP contribution < -0.4 is 5.32 Å². The molecule has 1 fully saturated rings. The Hall–Kier alpha value is -1.46. The van der Waals surface area contributed by atoms with Crippen molar-refractivity contribution in [3.63, 3.8) is 0 Å². The number of aryl methyl sites for hydroxylation is 1. The van der Waals surface area contributed by atoms with Crippen molar-refractivity contribution in [1.29, 1.82) is 0 Å². The van der Waals surface area contributed by atoms with Crippen LogP contribution in [0.4, 0.5) is 5.69 Å². The van der Waals surface area contributed by atoms with Crippen molar-refractivity contribution in [2.24, 2.45) is 0 Å². The van der Waals surface area contributed by atoms with Gasteiger partial charge in [-0.25, -0.2) is 0 Å². The number of nitro benzene ring substituents is 1. The first-order valence-corrected chi connectivity index (χ1v) is 7.59. The summed E-state index contributed by atoms with van der Waals surface area (Å²) in [5, 5.41) is 14.7. The van der Waals surface area contributed by atoms with E-state index in [2.05, 4.69) is 31.1 Å². The molecule has 0 aromatic heterocycles. The molecule has 1 heterocycles. The number of hydrogen-bond acceptors (Lipinski definition) is 4. The molecule has 3 atom stereocenters. The monoisotopic (exact) mass is 291 g/mol. The third-order valence-corrected chi connectivity index (χ3v) is 4.62. The predicted octanol–water partition coefficient (Wildman–Crippen LogP) is 3.04. The number of nitrogens with one attached hydrogen (secondary N) is 1. The fourth-order valence-electron chi connectivity index (χ4n) is 2.98. The molecule has 0 amide bonds. The minimum atomic E-state index is -0.302. The van der Waals surface area contributed by atoms with E-state index in [0.717, 1.165) is 24.9 Å². The van der Waals surface area contributed by atoms with E-state index in [1.165, 1.54) is 0 Å². The largest absolute Gasteiger partial charge is 0.307 e. The van der Waals surface area contributed by atoms with Gasteiger partial charge in [0.05, 0.1) is 4.92 Å². The van der Waals surface area contributed by atoms with Gasteiger partial charge in [-0.15, -0.1) is 0 Å². The van der Waals surface area contributed by atoms with E-state index in [4.69, 9.17) is 0 Å². The zero-order chi connectivity index (χ0) is 15.6. The second-order valence-electron chi connectivity index (χ2n) is 6.24. The SMILES string of the molecule is Cc1ccc(C(C)NC2CCN(C)C(C)C2)cc1[N+](=O)[O-]. The summed E-state index contributed by atoms with van der Waals surface area (Å²) in [4.78, 5) is 13.1. The zero-order valence-electron chi connectivity index (χ0n) is 13.3. The fraction of sp³-hybridized carbons (Fsp3) is 0.625. The Morgan fingerprint density at radius 1 is 1.48 bits per heavy atom. The predicted molar refractivity (Wildman–Crippen MR) is 84.5 cm³/mol. The van der Waals surface area contributed by atoms with Crippen LogP contribution in [0, 0.1) is 17.0 Å². The Labute approximate surface area is 126 Å². The maximum Gasteiger partial charge on any atom is 0.272 e. The van der Waals surface area contributed by atoms with Crippen LogP contribution in [-0.4, -0.2) is 35.5 Å². The maximum atomic E-state index is 11.0. The van der Waals surface area contributed by atoms with E-state index in [-0.39, 0.29) is 16.7 Å². The van der Waals surface area contributed by atoms with Gasteiger partial charge in [0.1, 0.15) is 0 Å². The molecule has 0 saturated carbocycles. The highest BCUT2D eigenvalue weighted by atomic mass is 16.6. The fourth-order valence-corrected chi connectivity index (χ4v) is 2.98. The first-order valence-electron chi connectivity index (χ1n) is 7.59. The van der Waals surface area contributed by atoms with E-state index in [1.807, 2.05) is 12.1 Å². The molecule has 1 saturated heterocycles. The number of rotatable bonds is 4. The summed E-state index contributed by atoms with van der Waals surface area (Å²) in [6.07, 6.45) is 2.24. The van der Waals surface area contributed by atoms with Crippen molar-refractivity contribution in [3.8, 4) is 0 Å². The highest BCUT2D eigenvalue weighted by molar-refractivity contribution is 5.43. The molecule has 1 N–H and O–H groups in total. The summed E-state index contributed by atoms with van der Waals surface area (Å²) < 4.78 is 0. The summed E-state index contributed by atoms with van der Waals surface area (Å²) >= 11 is 0. The highest BCUT2D eigenvalue weighted by Crippen LogP contribution is 2.25. The standard InChI is InChI=1S/C16H25N3O2/c1-11-5-6-14(10-16(11)19(20)21)13(3)17-15-7-8-18(4)12(2)9-15/h5-6,10,12-13,15,17H,7-9H2,1-4H3. The number of likely N-dealkylation sites (tertiary alicyclic amines) is 1. The average molecular weight is 291 g/mol. The molecule has 0 spiro atoms. The summed E-state index contributed by atoms with van der Waals surface area (Å²) in [5.41, 5.74) is 1.90. The number of nitro groups is 1. The van der Waals surface area contributed by atoms with Crippen LogP contribution >= 0.6 is 0 Å². The molecular formula is C16H25N3O2. The van der Waals surface area contributed by atoms with Crippen LogP contribution in [0.2, 0.25) is 0 Å². The van der Waals surface area contributed by atoms with Gasteiger partial charge in [-0.2, -0.15) is 0 Å². The molecule has 0 bridgehead atoms. The number of nitrogens with zero attached hydrogens (tertiary/aromatic N) is 2. The smallest absolute Gasteiger partial charge is 0.272 e. The molecule has 21 heavy (non-hydrogen) atoms. The van der Waals surface area contributed by atoms with E-state index in [0.29, 0.717) is 17.6 Å². The topological polar surface area (TPSA) is 58.4 Å². The lowest BCUT2D eigenvalue weighted by Gasteiger charge is -2.36. The van der Waals surface area contributed by atoms with E-state index >= 15 is 0 Å². The second kappa shape index (κ2) is 6.54. The van der Waals surface area contributed by atoms with Gasteiger partial charge in [0.15, 0.2) is 0 Å². The molecule has 0 aliphatic carbocycles. The lowest BCUT2D eigenvalue weighted by Crippen LogP contribution is -2.46. The van der Waals surface area contributed by atoms with Gasteiger partial charge in [0, 0.05) is 29.8 Å². The van der Waals surface area contributed by atoms with Gasteiger partial charge in [-0.05, 0) is 52.8 Å². The Kier molecular flexibility index (Phi) is 4.96. The molecule has 116 valence electrons. The van der Waals surface area contributed by atoms with E-state index < -0.39 is 0 Å². The summed E-state index contributed by atoms with van der Waals surface area (Å²) in [6.45, 7) is 7.20. The normalized spacial score (nSPS) is 24.8. The van der Waals surface area contributed by atoms with Crippen LogP contribution in [-0.2, 0) is 0 Å². The summed E-state index contributed by atoms with van der Waals surface area (Å²) in [7, 11) is 2.16. The van der Waals surface area contributed by atoms with E-state index in [9.17, 15) is 10.1 Å². The van der Waals surface area contributed by atoms with Crippen molar-refractivity contribution >= 4 is 5.69 Å². The van der Waals surface area contributed by atoms with Gasteiger partial charge in [-0.3, -0.25) is 10.1 Å². The lowest BCUT2D eigenvalue weighted by atomic mass is 9.96. The highest BCUT2D eigenvalue weighted by Gasteiger charge is 2.24. The molecule has 2 rings (SSSR count). The van der Waals surface area contributed by atoms with Crippen molar-refractivity contribution in [1.82, 2.24) is 10.2 Å². The summed E-state index contributed by atoms with van der Waals surface area (Å²) in [5.74, 6) is 0. The van der Waals surface area contributed by atoms with Crippen LogP contribution in [0.5, 0.6) is 0 Å². The first kappa shape index (κ1) is 15.9. The molecule has 1 aliphatic rings. The van der Waals surface area contributed by atoms with Crippen LogP contribution in [0.1, 0.15) is 43.9 Å². The van der Waals surface area contributed by atoms with Gasteiger partial charge in [0.25, 0.3) is 5.69 Å². The Morgan fingerprint density at radius 3 is 2.81 bits per heavy atom. The van der Waals surface area contributed by atoms with Gasteiger partial charge in [-0.1, -0.05) is 12.1 Å². The minimum Gasteiger partial charge on any atom is -0.307 e. The molecule has 5 heteroatoms. The van der Waals surface area contributed by atoms with Gasteiger partial charge >= 0.3 is 0 Å². The summed E-state index contributed by atoms with van der Waals surface area (Å²) in [6, 6.07) is 6.71. The van der Waals surface area contributed by atoms with E-state index in [1.54, 1.807) is 13.0 Å². The molecule has 0 radical (unpaired) electrons. The minimum absolute atomic E-state index is 0.130. The molecular weight excluding hydrogens is 266 g/mol. The van der Waals surface area contributed by atoms with Crippen molar-refractivity contribution in [2.45, 2.75) is 51.7 Å². The molecule has 5 nitrogen and oxygen atoms in total. The Morgan fingerprint density at radius 2 is 2.19 bits per heavy atom. The van der Waals surface area contributed by atoms with Crippen molar-refractivity contribution < 1.29 is 4.92 Å². The zero-order valence-corrected chi connectivity index (χ0v) is 13.3. The Bertz CT molecular complexity index is 518. The Balaban J connectivity index is 2.05. The number of hydrogen-bond donors (Lipinski definition) is 1. The maximum absolute atomic E-state index is 11.0. The van der Waals surface area contributed by atoms with Crippen molar-refractivity contribution in [3.05, 3.63) is 39.4 Å². The van der Waals surface area contributed by atoms with Crippen LogP contribution in [0.3, 0.4) is 0 Å². The van der Waals surface area contributed by atoms with Gasteiger partial charge in [0.2, 0.25) is 0 Å². The second-order valence-corrected chi connectivity index (χ2v) is 6.24. The number of piperidine rings is 1. The molecule has 3 unspecified atom stereocenters. The van der Waals surface area contributed by atoms with Crippen molar-refractivity contribution in [2.75, 3.05) is 13.6 Å². The molecule has 1 aromatic carbocycles. The molecule has 1 aromatic rings. The number of benzene rings is 1. The first-order chi connectivity index (χ1) is 9.88. The van der Waals surface area contributed by atoms with Crippen LogP contribution in [0.15, 0.2) is 18.2 Å². The molecule has 1 aliphatic heterocycles. The quantitative estimate of drug-likeness (QED) is 0.684. The third kappa shape index (κ3) is 3.80. The van der Waals surface area contributed by atoms with Gasteiger partial charge < -0.3 is 10.2 Å². The third-order valence-electron chi connectivity index (χ3n) is 4.62. The lowest BCUT2D eigenvalue weighted by molar-refractivity contribution is -0.385. The average Bonchev–Trinajstić information content (AvgIpc) is 2.43. The van der Waals surface area contributed by atoms with Crippen LogP contribution in [0.25, 0.3) is 0 Å².